The number of halogens is 1. The van der Waals surface area contributed by atoms with Crippen molar-refractivity contribution in [1.29, 1.82) is 5.26 Å². The third-order valence-electron chi connectivity index (χ3n) is 4.65. The Balaban J connectivity index is 1.86. The van der Waals surface area contributed by atoms with Crippen LogP contribution >= 0.6 is 15.9 Å². The van der Waals surface area contributed by atoms with Gasteiger partial charge in [0, 0.05) is 18.5 Å². The van der Waals surface area contributed by atoms with Crippen LogP contribution in [0, 0.1) is 16.7 Å². The van der Waals surface area contributed by atoms with Crippen molar-refractivity contribution >= 4 is 39.4 Å². The summed E-state index contributed by atoms with van der Waals surface area (Å²) in [6.45, 7) is 6.86. The first-order chi connectivity index (χ1) is 13.1. The number of hydrogen-bond donors (Lipinski definition) is 2. The molecule has 148 valence electrons. The minimum Gasteiger partial charge on any atom is -0.323 e. The Labute approximate surface area is 171 Å². The third-order valence-corrected chi connectivity index (χ3v) is 5.21. The minimum atomic E-state index is -0.825. The van der Waals surface area contributed by atoms with Crippen LogP contribution in [-0.2, 0) is 4.79 Å². The zero-order chi connectivity index (χ0) is 20.5. The normalized spacial score (nSPS) is 21.9. The van der Waals surface area contributed by atoms with Crippen molar-refractivity contribution in [2.75, 3.05) is 11.6 Å². The lowest BCUT2D eigenvalue weighted by molar-refractivity contribution is -0.124. The molecule has 1 spiro atoms. The van der Waals surface area contributed by atoms with E-state index in [1.807, 2.05) is 6.07 Å². The summed E-state index contributed by atoms with van der Waals surface area (Å²) in [6, 6.07) is 1.52. The zero-order valence-corrected chi connectivity index (χ0v) is 17.6. The van der Waals surface area contributed by atoms with Gasteiger partial charge in [-0.15, -0.1) is 0 Å². The predicted molar refractivity (Wildman–Crippen MR) is 107 cm³/mol. The van der Waals surface area contributed by atoms with E-state index in [1.165, 1.54) is 0 Å². The van der Waals surface area contributed by atoms with Gasteiger partial charge in [0.25, 0.3) is 5.91 Å². The molecule has 3 amide bonds. The topological polar surface area (TPSA) is 123 Å². The van der Waals surface area contributed by atoms with Crippen molar-refractivity contribution in [3.63, 3.8) is 0 Å². The van der Waals surface area contributed by atoms with Crippen LogP contribution in [0.3, 0.4) is 0 Å². The molecule has 1 saturated carbocycles. The first kappa shape index (κ1) is 20.2. The lowest BCUT2D eigenvalue weighted by Crippen LogP contribution is -2.49. The van der Waals surface area contributed by atoms with E-state index in [2.05, 4.69) is 57.3 Å². The summed E-state index contributed by atoms with van der Waals surface area (Å²) in [5, 5.41) is 20.8. The molecule has 1 aliphatic heterocycles. The van der Waals surface area contributed by atoms with Gasteiger partial charge in [0.15, 0.2) is 5.82 Å². The second-order valence-electron chi connectivity index (χ2n) is 8.25. The molecule has 0 atom stereocenters. The Kier molecular flexibility index (Phi) is 5.39. The van der Waals surface area contributed by atoms with Gasteiger partial charge in [-0.25, -0.2) is 14.8 Å². The number of amides is 3. The summed E-state index contributed by atoms with van der Waals surface area (Å²) < 4.78 is 0.648. The molecule has 2 N–H and O–H groups in total. The summed E-state index contributed by atoms with van der Waals surface area (Å²) in [5.74, 6) is 0.340. The Morgan fingerprint density at radius 2 is 2.04 bits per heavy atom. The summed E-state index contributed by atoms with van der Waals surface area (Å²) in [5.41, 5.74) is 0.0260. The van der Waals surface area contributed by atoms with Gasteiger partial charge in [-0.1, -0.05) is 20.8 Å². The molecule has 2 heterocycles. The quantitative estimate of drug-likeness (QED) is 0.541. The highest BCUT2D eigenvalue weighted by Gasteiger charge is 2.47. The molecule has 0 bridgehead atoms. The fourth-order valence-electron chi connectivity index (χ4n) is 3.32. The SMILES string of the molecule is CC(C)(C)CN(N=C1CCC2(CC1)NC(=O)NC2=O)c1nc(C#N)ncc1Br. The Morgan fingerprint density at radius 1 is 1.36 bits per heavy atom. The maximum atomic E-state index is 12.1. The van der Waals surface area contributed by atoms with E-state index >= 15 is 0 Å². The van der Waals surface area contributed by atoms with Crippen LogP contribution in [0.15, 0.2) is 15.8 Å². The highest BCUT2D eigenvalue weighted by molar-refractivity contribution is 9.10. The molecular weight excluding hydrogens is 426 g/mol. The van der Waals surface area contributed by atoms with Gasteiger partial charge in [-0.05, 0) is 47.0 Å². The number of hydrazone groups is 1. The number of nitriles is 1. The van der Waals surface area contributed by atoms with Gasteiger partial charge in [-0.2, -0.15) is 15.3 Å². The van der Waals surface area contributed by atoms with E-state index in [0.29, 0.717) is 42.5 Å². The van der Waals surface area contributed by atoms with Crippen LogP contribution < -0.4 is 15.6 Å². The highest BCUT2D eigenvalue weighted by Crippen LogP contribution is 2.32. The molecule has 0 radical (unpaired) electrons. The molecule has 1 aliphatic carbocycles. The fourth-order valence-corrected chi connectivity index (χ4v) is 3.71. The number of hydrogen-bond acceptors (Lipinski definition) is 7. The summed E-state index contributed by atoms with van der Waals surface area (Å²) in [4.78, 5) is 31.9. The lowest BCUT2D eigenvalue weighted by Gasteiger charge is -2.33. The number of nitrogens with one attached hydrogen (secondary N) is 2. The molecule has 2 aliphatic rings. The van der Waals surface area contributed by atoms with Gasteiger partial charge in [0.1, 0.15) is 11.6 Å². The van der Waals surface area contributed by atoms with Crippen molar-refractivity contribution in [1.82, 2.24) is 20.6 Å². The number of aromatic nitrogens is 2. The number of imide groups is 1. The molecule has 1 aromatic heterocycles. The monoisotopic (exact) mass is 447 g/mol. The number of anilines is 1. The van der Waals surface area contributed by atoms with Gasteiger partial charge >= 0.3 is 6.03 Å². The van der Waals surface area contributed by atoms with Gasteiger partial charge < -0.3 is 5.32 Å². The zero-order valence-electron chi connectivity index (χ0n) is 16.0. The van der Waals surface area contributed by atoms with Crippen LogP contribution in [-0.4, -0.2) is 39.7 Å². The smallest absolute Gasteiger partial charge is 0.322 e. The predicted octanol–water partition coefficient (Wildman–Crippen LogP) is 2.47. The lowest BCUT2D eigenvalue weighted by atomic mass is 9.81. The molecule has 1 saturated heterocycles. The third kappa shape index (κ3) is 4.30. The summed E-state index contributed by atoms with van der Waals surface area (Å²) >= 11 is 3.45. The molecule has 0 unspecified atom stereocenters. The average molecular weight is 448 g/mol. The number of carbonyl (C=O) groups is 2. The van der Waals surface area contributed by atoms with E-state index in [0.717, 1.165) is 5.71 Å². The van der Waals surface area contributed by atoms with Gasteiger partial charge in [0.2, 0.25) is 5.82 Å². The van der Waals surface area contributed by atoms with Crippen LogP contribution in [0.25, 0.3) is 0 Å². The molecule has 1 aromatic rings. The second-order valence-corrected chi connectivity index (χ2v) is 9.11. The van der Waals surface area contributed by atoms with E-state index in [-0.39, 0.29) is 17.1 Å². The maximum absolute atomic E-state index is 12.1. The number of urea groups is 1. The first-order valence-corrected chi connectivity index (χ1v) is 9.81. The van der Waals surface area contributed by atoms with E-state index in [9.17, 15) is 9.59 Å². The van der Waals surface area contributed by atoms with Crippen LogP contribution in [0.1, 0.15) is 52.3 Å². The molecule has 28 heavy (non-hydrogen) atoms. The largest absolute Gasteiger partial charge is 0.323 e. The summed E-state index contributed by atoms with van der Waals surface area (Å²) in [7, 11) is 0. The van der Waals surface area contributed by atoms with Crippen molar-refractivity contribution < 1.29 is 9.59 Å². The van der Waals surface area contributed by atoms with E-state index < -0.39 is 11.6 Å². The highest BCUT2D eigenvalue weighted by atomic mass is 79.9. The van der Waals surface area contributed by atoms with Gasteiger partial charge in [0.05, 0.1) is 4.47 Å². The number of nitrogens with zero attached hydrogens (tertiary/aromatic N) is 5. The average Bonchev–Trinajstić information content (AvgIpc) is 2.89. The number of rotatable bonds is 3. The molecule has 2 fully saturated rings. The standard InChI is InChI=1S/C18H22BrN7O2/c1-17(2,3)10-26(14-12(19)9-21-13(8-20)22-14)25-11-4-6-18(7-5-11)15(27)23-16(28)24-18/h9H,4-7,10H2,1-3H3,(H2,23,24,27,28). The molecular formula is C18H22BrN7O2. The molecule has 0 aromatic carbocycles. The van der Waals surface area contributed by atoms with E-state index in [4.69, 9.17) is 10.4 Å². The van der Waals surface area contributed by atoms with Gasteiger partial charge in [-0.3, -0.25) is 10.1 Å². The van der Waals surface area contributed by atoms with Crippen LogP contribution in [0.2, 0.25) is 0 Å². The van der Waals surface area contributed by atoms with Crippen molar-refractivity contribution in [2.24, 2.45) is 10.5 Å². The number of carbonyl (C=O) groups excluding carboxylic acids is 2. The first-order valence-electron chi connectivity index (χ1n) is 9.02. The fraction of sp³-hybridized carbons (Fsp3) is 0.556. The second kappa shape index (κ2) is 7.47. The molecule has 10 heteroatoms. The Hall–Kier alpha value is -2.54. The molecule has 9 nitrogen and oxygen atoms in total. The maximum Gasteiger partial charge on any atom is 0.322 e. The van der Waals surface area contributed by atoms with E-state index in [1.54, 1.807) is 11.2 Å². The van der Waals surface area contributed by atoms with Crippen molar-refractivity contribution in [2.45, 2.75) is 52.0 Å². The molecule has 3 rings (SSSR count). The minimum absolute atomic E-state index is 0.0730. The Morgan fingerprint density at radius 3 is 2.57 bits per heavy atom. The van der Waals surface area contributed by atoms with Crippen molar-refractivity contribution in [3.05, 3.63) is 16.5 Å². The summed E-state index contributed by atoms with van der Waals surface area (Å²) in [6.07, 6.45) is 3.72. The van der Waals surface area contributed by atoms with Crippen molar-refractivity contribution in [3.8, 4) is 6.07 Å². The van der Waals surface area contributed by atoms with Crippen LogP contribution in [0.5, 0.6) is 0 Å². The Bertz CT molecular complexity index is 875. The van der Waals surface area contributed by atoms with Crippen LogP contribution in [0.4, 0.5) is 10.6 Å².